The summed E-state index contributed by atoms with van der Waals surface area (Å²) < 4.78 is 0. The van der Waals surface area contributed by atoms with Gasteiger partial charge in [-0.2, -0.15) is 0 Å². The molecule has 0 N–H and O–H groups in total. The van der Waals surface area contributed by atoms with Gasteiger partial charge in [0, 0.05) is 25.0 Å². The number of rotatable bonds is 19. The van der Waals surface area contributed by atoms with Crippen molar-refractivity contribution in [3.8, 4) is 0 Å². The molecule has 0 aromatic rings. The summed E-state index contributed by atoms with van der Waals surface area (Å²) in [5.41, 5.74) is 0. The van der Waals surface area contributed by atoms with Gasteiger partial charge in [-0.3, -0.25) is 0 Å². The minimum absolute atomic E-state index is 0.561. The zero-order valence-electron chi connectivity index (χ0n) is 20.8. The summed E-state index contributed by atoms with van der Waals surface area (Å²) in [5, 5.41) is 0. The largest absolute Gasteiger partial charge is 0.356 e. The van der Waals surface area contributed by atoms with E-state index in [1.165, 1.54) is 109 Å². The minimum atomic E-state index is 0.561. The number of hydrogen-bond acceptors (Lipinski definition) is 2. The third-order valence-electron chi connectivity index (χ3n) is 6.54. The second kappa shape index (κ2) is 17.1. The normalized spacial score (nSPS) is 16.7. The molecule has 0 fully saturated rings. The van der Waals surface area contributed by atoms with Gasteiger partial charge in [0.2, 0.25) is 0 Å². The SMILES string of the molecule is CCCCCCCCCCCCCCCCCCN1C=CN(C(C)C)C1C(C)C. The van der Waals surface area contributed by atoms with Gasteiger partial charge >= 0.3 is 0 Å². The maximum atomic E-state index is 2.58. The summed E-state index contributed by atoms with van der Waals surface area (Å²) >= 11 is 0. The summed E-state index contributed by atoms with van der Waals surface area (Å²) in [6.45, 7) is 12.8. The van der Waals surface area contributed by atoms with E-state index in [9.17, 15) is 0 Å². The molecule has 172 valence electrons. The van der Waals surface area contributed by atoms with Crippen molar-refractivity contribution >= 4 is 0 Å². The lowest BCUT2D eigenvalue weighted by molar-refractivity contribution is 0.0843. The standard InChI is InChI=1S/C27H54N2/c1-6-7-8-9-10-11-12-13-14-15-16-17-18-19-20-21-22-28-23-24-29(26(4)5)27(28)25(2)3/h23-27H,6-22H2,1-5H3. The molecule has 1 atom stereocenters. The highest BCUT2D eigenvalue weighted by molar-refractivity contribution is 4.99. The first-order valence-electron chi connectivity index (χ1n) is 13.3. The molecule has 1 aliphatic heterocycles. The molecule has 0 bridgehead atoms. The van der Waals surface area contributed by atoms with Gasteiger partial charge in [-0.15, -0.1) is 0 Å². The summed E-state index contributed by atoms with van der Waals surface area (Å²) in [4.78, 5) is 5.10. The van der Waals surface area contributed by atoms with Crippen molar-refractivity contribution in [2.75, 3.05) is 6.54 Å². The fourth-order valence-electron chi connectivity index (χ4n) is 4.76. The van der Waals surface area contributed by atoms with Crippen molar-refractivity contribution in [3.63, 3.8) is 0 Å². The fraction of sp³-hybridized carbons (Fsp3) is 0.926. The molecule has 0 aromatic carbocycles. The van der Waals surface area contributed by atoms with E-state index in [1.807, 2.05) is 0 Å². The van der Waals surface area contributed by atoms with Crippen LogP contribution in [0.15, 0.2) is 12.4 Å². The molecule has 0 amide bonds. The van der Waals surface area contributed by atoms with Gasteiger partial charge in [0.05, 0.1) is 0 Å². The van der Waals surface area contributed by atoms with Gasteiger partial charge in [-0.05, 0) is 26.2 Å². The second-order valence-corrected chi connectivity index (χ2v) is 10.0. The molecule has 0 radical (unpaired) electrons. The molecule has 1 rings (SSSR count). The van der Waals surface area contributed by atoms with E-state index in [1.54, 1.807) is 0 Å². The molecule has 2 nitrogen and oxygen atoms in total. The van der Waals surface area contributed by atoms with Crippen LogP contribution in [0, 0.1) is 5.92 Å². The lowest BCUT2D eigenvalue weighted by atomic mass is 10.0. The van der Waals surface area contributed by atoms with Gasteiger partial charge in [0.1, 0.15) is 6.17 Å². The minimum Gasteiger partial charge on any atom is -0.356 e. The quantitative estimate of drug-likeness (QED) is 0.198. The smallest absolute Gasteiger partial charge is 0.103 e. The lowest BCUT2D eigenvalue weighted by Gasteiger charge is -2.38. The molecule has 0 aromatic heterocycles. The van der Waals surface area contributed by atoms with Crippen molar-refractivity contribution in [2.45, 2.75) is 150 Å². The Morgan fingerprint density at radius 1 is 0.586 bits per heavy atom. The van der Waals surface area contributed by atoms with Crippen molar-refractivity contribution in [1.29, 1.82) is 0 Å². The molecule has 1 heterocycles. The molecule has 2 heteroatoms. The Labute approximate surface area is 184 Å². The average molecular weight is 407 g/mol. The first-order valence-corrected chi connectivity index (χ1v) is 13.3. The molecule has 29 heavy (non-hydrogen) atoms. The first kappa shape index (κ1) is 26.4. The Balaban J connectivity index is 1.88. The van der Waals surface area contributed by atoms with Crippen LogP contribution in [-0.2, 0) is 0 Å². The van der Waals surface area contributed by atoms with Crippen LogP contribution in [0.5, 0.6) is 0 Å². The van der Waals surface area contributed by atoms with Crippen molar-refractivity contribution in [2.24, 2.45) is 5.92 Å². The molecular weight excluding hydrogens is 352 g/mol. The van der Waals surface area contributed by atoms with Crippen LogP contribution in [0.4, 0.5) is 0 Å². The Hall–Kier alpha value is -0.660. The Morgan fingerprint density at radius 2 is 1.00 bits per heavy atom. The zero-order chi connectivity index (χ0) is 21.3. The van der Waals surface area contributed by atoms with E-state index in [0.29, 0.717) is 18.1 Å². The van der Waals surface area contributed by atoms with Crippen LogP contribution in [0.25, 0.3) is 0 Å². The topological polar surface area (TPSA) is 6.48 Å². The van der Waals surface area contributed by atoms with E-state index in [0.717, 1.165) is 0 Å². The monoisotopic (exact) mass is 406 g/mol. The van der Waals surface area contributed by atoms with Crippen LogP contribution in [0.3, 0.4) is 0 Å². The third-order valence-corrected chi connectivity index (χ3v) is 6.54. The Kier molecular flexibility index (Phi) is 15.5. The van der Waals surface area contributed by atoms with Crippen LogP contribution in [0.2, 0.25) is 0 Å². The molecule has 1 unspecified atom stereocenters. The van der Waals surface area contributed by atoms with Crippen LogP contribution in [0.1, 0.15) is 137 Å². The fourth-order valence-corrected chi connectivity index (χ4v) is 4.76. The van der Waals surface area contributed by atoms with Gasteiger partial charge in [0.25, 0.3) is 0 Å². The van der Waals surface area contributed by atoms with Crippen molar-refractivity contribution in [3.05, 3.63) is 12.4 Å². The van der Waals surface area contributed by atoms with E-state index >= 15 is 0 Å². The summed E-state index contributed by atoms with van der Waals surface area (Å²) in [5.74, 6) is 0.674. The third kappa shape index (κ3) is 11.9. The van der Waals surface area contributed by atoms with E-state index < -0.39 is 0 Å². The molecule has 0 saturated carbocycles. The van der Waals surface area contributed by atoms with Crippen molar-refractivity contribution < 1.29 is 0 Å². The highest BCUT2D eigenvalue weighted by atomic mass is 15.4. The van der Waals surface area contributed by atoms with Gasteiger partial charge in [-0.1, -0.05) is 117 Å². The molecule has 0 saturated heterocycles. The average Bonchev–Trinajstić information content (AvgIpc) is 3.12. The number of hydrogen-bond donors (Lipinski definition) is 0. The van der Waals surface area contributed by atoms with E-state index in [-0.39, 0.29) is 0 Å². The van der Waals surface area contributed by atoms with Gasteiger partial charge in [0.15, 0.2) is 0 Å². The first-order chi connectivity index (χ1) is 14.1. The predicted molar refractivity (Wildman–Crippen MR) is 131 cm³/mol. The van der Waals surface area contributed by atoms with Crippen LogP contribution >= 0.6 is 0 Å². The van der Waals surface area contributed by atoms with Crippen LogP contribution in [-0.4, -0.2) is 28.6 Å². The van der Waals surface area contributed by atoms with Gasteiger partial charge in [-0.25, -0.2) is 0 Å². The van der Waals surface area contributed by atoms with Crippen molar-refractivity contribution in [1.82, 2.24) is 9.80 Å². The maximum absolute atomic E-state index is 2.58. The highest BCUT2D eigenvalue weighted by Crippen LogP contribution is 2.25. The molecule has 0 aliphatic carbocycles. The van der Waals surface area contributed by atoms with E-state index in [2.05, 4.69) is 56.8 Å². The summed E-state index contributed by atoms with van der Waals surface area (Å²) in [6.07, 6.45) is 28.3. The molecule has 1 aliphatic rings. The predicted octanol–water partition coefficient (Wildman–Crippen LogP) is 8.73. The highest BCUT2D eigenvalue weighted by Gasteiger charge is 2.29. The second-order valence-electron chi connectivity index (χ2n) is 10.0. The summed E-state index contributed by atoms with van der Waals surface area (Å²) in [7, 11) is 0. The Bertz CT molecular complexity index is 388. The summed E-state index contributed by atoms with van der Waals surface area (Å²) in [6, 6.07) is 0.592. The lowest BCUT2D eigenvalue weighted by Crippen LogP contribution is -2.45. The van der Waals surface area contributed by atoms with Crippen LogP contribution < -0.4 is 0 Å². The number of nitrogens with zero attached hydrogens (tertiary/aromatic N) is 2. The Morgan fingerprint density at radius 3 is 1.38 bits per heavy atom. The molecular formula is C27H54N2. The zero-order valence-corrected chi connectivity index (χ0v) is 20.8. The number of unbranched alkanes of at least 4 members (excludes halogenated alkanes) is 15. The van der Waals surface area contributed by atoms with Gasteiger partial charge < -0.3 is 9.80 Å². The van der Waals surface area contributed by atoms with E-state index in [4.69, 9.17) is 0 Å². The molecule has 0 spiro atoms. The maximum Gasteiger partial charge on any atom is 0.103 e.